The van der Waals surface area contributed by atoms with Gasteiger partial charge < -0.3 is 14.6 Å². The number of carbonyl (C=O) groups is 1. The van der Waals surface area contributed by atoms with Gasteiger partial charge in [-0.25, -0.2) is 4.98 Å². The van der Waals surface area contributed by atoms with E-state index in [0.717, 1.165) is 16.8 Å². The van der Waals surface area contributed by atoms with Crippen molar-refractivity contribution in [3.05, 3.63) is 58.6 Å². The van der Waals surface area contributed by atoms with Gasteiger partial charge in [0.25, 0.3) is 5.91 Å². The quantitative estimate of drug-likeness (QED) is 0.762. The molecule has 1 aliphatic heterocycles. The maximum atomic E-state index is 13.1. The molecule has 25 heavy (non-hydrogen) atoms. The Labute approximate surface area is 149 Å². The summed E-state index contributed by atoms with van der Waals surface area (Å²) in [6.07, 6.45) is 1.49. The number of nitrogens with one attached hydrogen (secondary N) is 1. The molecule has 3 heterocycles. The molecule has 4 rings (SSSR count). The SMILES string of the molecule is CO[C@H]1CN(C(=O)c2nc3c(Cl)cccc3[nH]2)[C@H](C)c2cccnc21. The van der Waals surface area contributed by atoms with Crippen LogP contribution in [-0.2, 0) is 4.74 Å². The van der Waals surface area contributed by atoms with Crippen LogP contribution in [0, 0.1) is 0 Å². The van der Waals surface area contributed by atoms with Crippen LogP contribution in [0.15, 0.2) is 36.5 Å². The van der Waals surface area contributed by atoms with Gasteiger partial charge in [0, 0.05) is 13.3 Å². The molecule has 0 saturated carbocycles. The van der Waals surface area contributed by atoms with Crippen LogP contribution in [0.4, 0.5) is 0 Å². The molecule has 2 aromatic heterocycles. The number of nitrogens with zero attached hydrogens (tertiary/aromatic N) is 3. The molecule has 0 bridgehead atoms. The number of amides is 1. The number of fused-ring (bicyclic) bond motifs is 2. The first-order valence-corrected chi connectivity index (χ1v) is 8.40. The first-order valence-electron chi connectivity index (χ1n) is 8.03. The number of carbonyl (C=O) groups excluding carboxylic acids is 1. The zero-order chi connectivity index (χ0) is 17.6. The number of pyridine rings is 1. The monoisotopic (exact) mass is 356 g/mol. The van der Waals surface area contributed by atoms with E-state index in [-0.39, 0.29) is 23.9 Å². The summed E-state index contributed by atoms with van der Waals surface area (Å²) in [5, 5.41) is 0.517. The van der Waals surface area contributed by atoms with E-state index in [1.54, 1.807) is 24.3 Å². The third-order valence-corrected chi connectivity index (χ3v) is 4.97. The number of methoxy groups -OCH3 is 1. The maximum Gasteiger partial charge on any atom is 0.290 e. The van der Waals surface area contributed by atoms with Crippen molar-refractivity contribution in [2.45, 2.75) is 19.1 Å². The number of halogens is 1. The molecule has 128 valence electrons. The molecule has 0 spiro atoms. The molecule has 1 amide bonds. The molecule has 2 atom stereocenters. The van der Waals surface area contributed by atoms with Gasteiger partial charge >= 0.3 is 0 Å². The van der Waals surface area contributed by atoms with E-state index in [2.05, 4.69) is 15.0 Å². The fourth-order valence-corrected chi connectivity index (χ4v) is 3.54. The molecule has 0 radical (unpaired) electrons. The van der Waals surface area contributed by atoms with Crippen LogP contribution in [0.3, 0.4) is 0 Å². The smallest absolute Gasteiger partial charge is 0.290 e. The standard InChI is InChI=1S/C18H17ClN4O2/c1-10-11-5-4-8-20-15(11)14(25-2)9-23(10)18(24)17-21-13-7-3-6-12(19)16(13)22-17/h3-8,10,14H,9H2,1-2H3,(H,21,22)/t10-,14+/m1/s1. The first-order chi connectivity index (χ1) is 12.1. The van der Waals surface area contributed by atoms with Gasteiger partial charge in [0.05, 0.1) is 28.8 Å². The van der Waals surface area contributed by atoms with Crippen LogP contribution in [0.25, 0.3) is 11.0 Å². The van der Waals surface area contributed by atoms with Gasteiger partial charge in [-0.05, 0) is 30.7 Å². The van der Waals surface area contributed by atoms with Crippen LogP contribution >= 0.6 is 11.6 Å². The Hall–Kier alpha value is -2.44. The molecule has 7 heteroatoms. The van der Waals surface area contributed by atoms with Crippen molar-refractivity contribution in [1.29, 1.82) is 0 Å². The number of rotatable bonds is 2. The second-order valence-corrected chi connectivity index (χ2v) is 6.46. The average Bonchev–Trinajstić information content (AvgIpc) is 3.07. The van der Waals surface area contributed by atoms with Gasteiger partial charge in [0.15, 0.2) is 5.82 Å². The van der Waals surface area contributed by atoms with Crippen molar-refractivity contribution < 1.29 is 9.53 Å². The minimum atomic E-state index is -0.260. The van der Waals surface area contributed by atoms with Crippen LogP contribution in [0.5, 0.6) is 0 Å². The van der Waals surface area contributed by atoms with Crippen LogP contribution in [-0.4, -0.2) is 39.4 Å². The fourth-order valence-electron chi connectivity index (χ4n) is 3.32. The molecular formula is C18H17ClN4O2. The number of imidazole rings is 1. The van der Waals surface area contributed by atoms with Gasteiger partial charge in [-0.15, -0.1) is 0 Å². The summed E-state index contributed by atoms with van der Waals surface area (Å²) in [6, 6.07) is 9.16. The highest BCUT2D eigenvalue weighted by atomic mass is 35.5. The number of aromatic nitrogens is 3. The van der Waals surface area contributed by atoms with E-state index < -0.39 is 0 Å². The van der Waals surface area contributed by atoms with Crippen molar-refractivity contribution in [3.8, 4) is 0 Å². The third-order valence-electron chi connectivity index (χ3n) is 4.67. The third kappa shape index (κ3) is 2.58. The highest BCUT2D eigenvalue weighted by Gasteiger charge is 2.35. The number of ether oxygens (including phenoxy) is 1. The summed E-state index contributed by atoms with van der Waals surface area (Å²) in [5.41, 5.74) is 3.21. The van der Waals surface area contributed by atoms with Gasteiger partial charge in [0.1, 0.15) is 11.6 Å². The molecule has 0 unspecified atom stereocenters. The number of hydrogen-bond donors (Lipinski definition) is 1. The van der Waals surface area contributed by atoms with Crippen molar-refractivity contribution in [1.82, 2.24) is 19.9 Å². The second kappa shape index (κ2) is 6.13. The van der Waals surface area contributed by atoms with Crippen LogP contribution in [0.2, 0.25) is 5.02 Å². The summed E-state index contributed by atoms with van der Waals surface area (Å²) in [7, 11) is 1.63. The van der Waals surface area contributed by atoms with Crippen molar-refractivity contribution >= 4 is 28.5 Å². The topological polar surface area (TPSA) is 71.1 Å². The Bertz CT molecular complexity index is 955. The first kappa shape index (κ1) is 16.1. The van der Waals surface area contributed by atoms with E-state index in [4.69, 9.17) is 16.3 Å². The van der Waals surface area contributed by atoms with Crippen molar-refractivity contribution in [2.75, 3.05) is 13.7 Å². The number of H-pyrrole nitrogens is 1. The summed E-state index contributed by atoms with van der Waals surface area (Å²) < 4.78 is 5.55. The molecule has 6 nitrogen and oxygen atoms in total. The van der Waals surface area contributed by atoms with Crippen molar-refractivity contribution in [3.63, 3.8) is 0 Å². The van der Waals surface area contributed by atoms with Gasteiger partial charge in [-0.1, -0.05) is 23.7 Å². The Balaban J connectivity index is 1.73. The van der Waals surface area contributed by atoms with Crippen molar-refractivity contribution in [2.24, 2.45) is 0 Å². The largest absolute Gasteiger partial charge is 0.373 e. The molecule has 1 aliphatic rings. The predicted octanol–water partition coefficient (Wildman–Crippen LogP) is 3.52. The summed E-state index contributed by atoms with van der Waals surface area (Å²) >= 11 is 6.17. The van der Waals surface area contributed by atoms with Gasteiger partial charge in [0.2, 0.25) is 0 Å². The summed E-state index contributed by atoms with van der Waals surface area (Å²) in [4.78, 5) is 26.7. The highest BCUT2D eigenvalue weighted by Crippen LogP contribution is 2.35. The van der Waals surface area contributed by atoms with E-state index in [9.17, 15) is 4.79 Å². The van der Waals surface area contributed by atoms with Crippen LogP contribution in [0.1, 0.15) is 40.9 Å². The van der Waals surface area contributed by atoms with E-state index in [1.807, 2.05) is 31.2 Å². The molecule has 0 fully saturated rings. The molecule has 3 aromatic rings. The highest BCUT2D eigenvalue weighted by molar-refractivity contribution is 6.35. The lowest BCUT2D eigenvalue weighted by atomic mass is 9.96. The zero-order valence-corrected chi connectivity index (χ0v) is 14.6. The van der Waals surface area contributed by atoms with Gasteiger partial charge in [-0.2, -0.15) is 0 Å². The Morgan fingerprint density at radius 3 is 2.96 bits per heavy atom. The normalized spacial score (nSPS) is 19.9. The zero-order valence-electron chi connectivity index (χ0n) is 13.9. The molecule has 0 saturated heterocycles. The lowest BCUT2D eigenvalue weighted by Gasteiger charge is -2.37. The lowest BCUT2D eigenvalue weighted by Crippen LogP contribution is -2.42. The Kier molecular flexibility index (Phi) is 3.94. The summed E-state index contributed by atoms with van der Waals surface area (Å²) in [6.45, 7) is 2.41. The van der Waals surface area contributed by atoms with E-state index in [0.29, 0.717) is 17.1 Å². The van der Waals surface area contributed by atoms with E-state index >= 15 is 0 Å². The fraction of sp³-hybridized carbons (Fsp3) is 0.278. The minimum absolute atomic E-state index is 0.119. The Morgan fingerprint density at radius 1 is 1.36 bits per heavy atom. The number of hydrogen-bond acceptors (Lipinski definition) is 4. The number of benzene rings is 1. The second-order valence-electron chi connectivity index (χ2n) is 6.06. The molecule has 0 aliphatic carbocycles. The number of aromatic amines is 1. The predicted molar refractivity (Wildman–Crippen MR) is 94.5 cm³/mol. The molecular weight excluding hydrogens is 340 g/mol. The molecule has 1 N–H and O–H groups in total. The van der Waals surface area contributed by atoms with Gasteiger partial charge in [-0.3, -0.25) is 9.78 Å². The minimum Gasteiger partial charge on any atom is -0.373 e. The van der Waals surface area contributed by atoms with Crippen LogP contribution < -0.4 is 0 Å². The number of para-hydroxylation sites is 1. The Morgan fingerprint density at radius 2 is 2.20 bits per heavy atom. The summed E-state index contributed by atoms with van der Waals surface area (Å²) in [5.74, 6) is 0.0912. The average molecular weight is 357 g/mol. The lowest BCUT2D eigenvalue weighted by molar-refractivity contribution is 0.0253. The molecule has 1 aromatic carbocycles. The van der Waals surface area contributed by atoms with E-state index in [1.165, 1.54) is 0 Å². The maximum absolute atomic E-state index is 13.1.